The number of hydrogen-bond donors (Lipinski definition) is 0. The third kappa shape index (κ3) is 3.54. The third-order valence-electron chi connectivity index (χ3n) is 4.18. The molecule has 0 saturated heterocycles. The van der Waals surface area contributed by atoms with Gasteiger partial charge in [0.25, 0.3) is 5.91 Å². The smallest absolute Gasteiger partial charge is 0.276 e. The minimum absolute atomic E-state index is 0.161. The van der Waals surface area contributed by atoms with E-state index in [-0.39, 0.29) is 18.1 Å². The van der Waals surface area contributed by atoms with Gasteiger partial charge in [-0.1, -0.05) is 23.4 Å². The summed E-state index contributed by atoms with van der Waals surface area (Å²) in [6.07, 6.45) is 3.51. The number of carbonyl (C=O) groups is 1. The maximum Gasteiger partial charge on any atom is 0.276 e. The largest absolute Gasteiger partial charge is 0.419 e. The van der Waals surface area contributed by atoms with E-state index in [0.29, 0.717) is 17.5 Å². The van der Waals surface area contributed by atoms with Gasteiger partial charge < -0.3 is 13.8 Å². The van der Waals surface area contributed by atoms with E-state index in [1.807, 2.05) is 43.5 Å². The number of rotatable bonds is 6. The van der Waals surface area contributed by atoms with Crippen molar-refractivity contribution < 1.29 is 13.7 Å². The molecule has 3 aromatic heterocycles. The molecule has 0 bridgehead atoms. The lowest BCUT2D eigenvalue weighted by atomic mass is 10.2. The number of benzene rings is 1. The highest BCUT2D eigenvalue weighted by molar-refractivity contribution is 5.92. The summed E-state index contributed by atoms with van der Waals surface area (Å²) in [6.45, 7) is 2.90. The quantitative estimate of drug-likeness (QED) is 0.508. The first-order valence-electron chi connectivity index (χ1n) is 8.77. The van der Waals surface area contributed by atoms with Gasteiger partial charge in [-0.15, -0.1) is 10.2 Å². The molecule has 0 radical (unpaired) electrons. The molecule has 0 spiro atoms. The molecule has 28 heavy (non-hydrogen) atoms. The Kier molecular flexibility index (Phi) is 4.71. The van der Waals surface area contributed by atoms with Crippen molar-refractivity contribution in [3.8, 4) is 22.8 Å². The molecule has 9 nitrogen and oxygen atoms in total. The van der Waals surface area contributed by atoms with Crippen LogP contribution >= 0.6 is 0 Å². The van der Waals surface area contributed by atoms with Crippen LogP contribution < -0.4 is 0 Å². The van der Waals surface area contributed by atoms with Gasteiger partial charge in [-0.2, -0.15) is 5.10 Å². The van der Waals surface area contributed by atoms with E-state index in [2.05, 4.69) is 20.5 Å². The molecule has 0 unspecified atom stereocenters. The van der Waals surface area contributed by atoms with Gasteiger partial charge in [0.1, 0.15) is 0 Å². The lowest BCUT2D eigenvalue weighted by Crippen LogP contribution is -2.26. The first-order chi connectivity index (χ1) is 13.6. The molecule has 1 amide bonds. The molecular weight excluding hydrogens is 360 g/mol. The molecule has 142 valence electrons. The van der Waals surface area contributed by atoms with Crippen LogP contribution in [0.4, 0.5) is 0 Å². The van der Waals surface area contributed by atoms with E-state index in [9.17, 15) is 4.79 Å². The molecule has 0 N–H and O–H groups in total. The Balaban J connectivity index is 1.45. The van der Waals surface area contributed by atoms with Crippen LogP contribution in [0.25, 0.3) is 22.8 Å². The van der Waals surface area contributed by atoms with Gasteiger partial charge in [-0.3, -0.25) is 9.48 Å². The Hall–Kier alpha value is -3.75. The van der Waals surface area contributed by atoms with Gasteiger partial charge in [0.05, 0.1) is 18.3 Å². The van der Waals surface area contributed by atoms with E-state index >= 15 is 0 Å². The van der Waals surface area contributed by atoms with Crippen molar-refractivity contribution in [3.63, 3.8) is 0 Å². The number of aryl methyl sites for hydroxylation is 1. The Bertz CT molecular complexity index is 1080. The van der Waals surface area contributed by atoms with Crippen LogP contribution in [0, 0.1) is 0 Å². The van der Waals surface area contributed by atoms with Crippen molar-refractivity contribution in [2.24, 2.45) is 0 Å². The van der Waals surface area contributed by atoms with Gasteiger partial charge in [0.15, 0.2) is 11.5 Å². The van der Waals surface area contributed by atoms with Crippen LogP contribution in [0.2, 0.25) is 0 Å². The van der Waals surface area contributed by atoms with E-state index in [1.165, 1.54) is 4.90 Å². The minimum atomic E-state index is -0.308. The Labute approximate surface area is 160 Å². The fourth-order valence-corrected chi connectivity index (χ4v) is 2.66. The minimum Gasteiger partial charge on any atom is -0.419 e. The fraction of sp³-hybridized carbons (Fsp3) is 0.211. The first kappa shape index (κ1) is 17.7. The van der Waals surface area contributed by atoms with Crippen LogP contribution in [-0.4, -0.2) is 43.0 Å². The average molecular weight is 378 g/mol. The standard InChI is InChI=1S/C19H18N6O3/c1-3-25-11-14(10-20-25)16-9-15(23-28-16)19(26)24(2)12-17-21-22-18(27-17)13-7-5-4-6-8-13/h4-11H,3,12H2,1-2H3. The third-order valence-corrected chi connectivity index (χ3v) is 4.18. The maximum atomic E-state index is 12.6. The monoisotopic (exact) mass is 378 g/mol. The zero-order valence-electron chi connectivity index (χ0n) is 15.4. The number of amides is 1. The van der Waals surface area contributed by atoms with Crippen LogP contribution in [0.5, 0.6) is 0 Å². The second-order valence-electron chi connectivity index (χ2n) is 6.19. The average Bonchev–Trinajstić information content (AvgIpc) is 3.47. The van der Waals surface area contributed by atoms with Gasteiger partial charge in [0, 0.05) is 31.4 Å². The maximum absolute atomic E-state index is 12.6. The molecule has 4 aromatic rings. The second-order valence-corrected chi connectivity index (χ2v) is 6.19. The lowest BCUT2D eigenvalue weighted by Gasteiger charge is -2.12. The fourth-order valence-electron chi connectivity index (χ4n) is 2.66. The van der Waals surface area contributed by atoms with E-state index < -0.39 is 0 Å². The molecule has 0 fully saturated rings. The molecule has 3 heterocycles. The summed E-state index contributed by atoms with van der Waals surface area (Å²) in [5.74, 6) is 0.925. The number of hydrogen-bond acceptors (Lipinski definition) is 7. The molecule has 0 aliphatic heterocycles. The summed E-state index contributed by atoms with van der Waals surface area (Å²) < 4.78 is 12.7. The molecule has 4 rings (SSSR count). The van der Waals surface area contributed by atoms with Crippen molar-refractivity contribution in [1.82, 2.24) is 30.0 Å². The SMILES string of the molecule is CCn1cc(-c2cc(C(=O)N(C)Cc3nnc(-c4ccccc4)o3)no2)cn1. The van der Waals surface area contributed by atoms with Crippen molar-refractivity contribution in [1.29, 1.82) is 0 Å². The van der Waals surface area contributed by atoms with Crippen LogP contribution in [0.3, 0.4) is 0 Å². The van der Waals surface area contributed by atoms with Crippen molar-refractivity contribution >= 4 is 5.91 Å². The van der Waals surface area contributed by atoms with Crippen LogP contribution in [0.1, 0.15) is 23.3 Å². The highest BCUT2D eigenvalue weighted by Gasteiger charge is 2.20. The predicted molar refractivity (Wildman–Crippen MR) is 98.9 cm³/mol. The van der Waals surface area contributed by atoms with Crippen molar-refractivity contribution in [2.75, 3.05) is 7.05 Å². The van der Waals surface area contributed by atoms with Gasteiger partial charge in [-0.25, -0.2) is 0 Å². The molecule has 0 saturated carbocycles. The Morgan fingerprint density at radius 2 is 2.00 bits per heavy atom. The first-order valence-corrected chi connectivity index (χ1v) is 8.77. The van der Waals surface area contributed by atoms with Crippen LogP contribution in [0.15, 0.2) is 57.7 Å². The summed E-state index contributed by atoms with van der Waals surface area (Å²) in [6, 6.07) is 11.0. The summed E-state index contributed by atoms with van der Waals surface area (Å²) in [7, 11) is 1.64. The number of aromatic nitrogens is 5. The van der Waals surface area contributed by atoms with Gasteiger partial charge in [-0.05, 0) is 19.1 Å². The molecule has 9 heteroatoms. The van der Waals surface area contributed by atoms with E-state index in [1.54, 1.807) is 24.0 Å². The van der Waals surface area contributed by atoms with Gasteiger partial charge in [0.2, 0.25) is 11.8 Å². The topological polar surface area (TPSA) is 103 Å². The van der Waals surface area contributed by atoms with E-state index in [0.717, 1.165) is 17.7 Å². The summed E-state index contributed by atoms with van der Waals surface area (Å²) in [5.41, 5.74) is 1.79. The normalized spacial score (nSPS) is 10.9. The van der Waals surface area contributed by atoms with Gasteiger partial charge >= 0.3 is 0 Å². The lowest BCUT2D eigenvalue weighted by molar-refractivity contribution is 0.0763. The number of nitrogens with zero attached hydrogens (tertiary/aromatic N) is 6. The Morgan fingerprint density at radius 3 is 2.75 bits per heavy atom. The highest BCUT2D eigenvalue weighted by Crippen LogP contribution is 2.21. The zero-order chi connectivity index (χ0) is 19.5. The summed E-state index contributed by atoms with van der Waals surface area (Å²) >= 11 is 0. The second kappa shape index (κ2) is 7.47. The summed E-state index contributed by atoms with van der Waals surface area (Å²) in [4.78, 5) is 14.1. The van der Waals surface area contributed by atoms with Crippen LogP contribution in [-0.2, 0) is 13.1 Å². The zero-order valence-corrected chi connectivity index (χ0v) is 15.4. The molecule has 0 aliphatic rings. The molecule has 0 aliphatic carbocycles. The molecule has 0 atom stereocenters. The summed E-state index contributed by atoms with van der Waals surface area (Å²) in [5, 5.41) is 16.1. The Morgan fingerprint density at radius 1 is 1.18 bits per heavy atom. The van der Waals surface area contributed by atoms with Crippen molar-refractivity contribution in [2.45, 2.75) is 20.0 Å². The molecule has 1 aromatic carbocycles. The van der Waals surface area contributed by atoms with Crippen molar-refractivity contribution in [3.05, 3.63) is 60.4 Å². The number of carbonyl (C=O) groups excluding carboxylic acids is 1. The van der Waals surface area contributed by atoms with E-state index in [4.69, 9.17) is 8.94 Å². The molecular formula is C19H18N6O3. The highest BCUT2D eigenvalue weighted by atomic mass is 16.5. The predicted octanol–water partition coefficient (Wildman–Crippen LogP) is 2.88.